The molecule has 1 unspecified atom stereocenters. The molecule has 138 valence electrons. The standard InChI is InChI=1S/C17H23FN4O2.ClH/c1-12(23)20-13-2-3-16(18)15(10-13)17(24)22-7-4-14(11-22)21-8-5-19-6-9-21;/h2-3,10,14,19H,4-9,11H2,1H3,(H,20,23);1H. The van der Waals surface area contributed by atoms with Gasteiger partial charge in [-0.25, -0.2) is 4.39 Å². The Bertz CT molecular complexity index is 637. The normalized spacial score (nSPS) is 20.9. The summed E-state index contributed by atoms with van der Waals surface area (Å²) in [4.78, 5) is 27.9. The topological polar surface area (TPSA) is 64.7 Å². The number of hydrogen-bond acceptors (Lipinski definition) is 4. The number of nitrogens with one attached hydrogen (secondary N) is 2. The molecule has 2 saturated heterocycles. The average molecular weight is 371 g/mol. The molecule has 0 aliphatic carbocycles. The Hall–Kier alpha value is -1.70. The van der Waals surface area contributed by atoms with Gasteiger partial charge in [0, 0.05) is 57.9 Å². The number of hydrogen-bond donors (Lipinski definition) is 2. The maximum Gasteiger partial charge on any atom is 0.256 e. The van der Waals surface area contributed by atoms with E-state index < -0.39 is 5.82 Å². The summed E-state index contributed by atoms with van der Waals surface area (Å²) in [5.41, 5.74) is 0.451. The van der Waals surface area contributed by atoms with Crippen molar-refractivity contribution in [1.29, 1.82) is 0 Å². The van der Waals surface area contributed by atoms with Crippen molar-refractivity contribution < 1.29 is 14.0 Å². The number of likely N-dealkylation sites (tertiary alicyclic amines) is 1. The van der Waals surface area contributed by atoms with Crippen LogP contribution in [0.5, 0.6) is 0 Å². The third-order valence-electron chi connectivity index (χ3n) is 4.64. The predicted octanol–water partition coefficient (Wildman–Crippen LogP) is 1.33. The number of halogens is 2. The lowest BCUT2D eigenvalue weighted by atomic mass is 10.1. The van der Waals surface area contributed by atoms with E-state index in [1.807, 2.05) is 0 Å². The predicted molar refractivity (Wildman–Crippen MR) is 96.7 cm³/mol. The molecule has 0 saturated carbocycles. The largest absolute Gasteiger partial charge is 0.337 e. The third kappa shape index (κ3) is 4.68. The van der Waals surface area contributed by atoms with Crippen LogP contribution in [0.25, 0.3) is 0 Å². The SMILES string of the molecule is CC(=O)Nc1ccc(F)c(C(=O)N2CCC(N3CCNCC3)C2)c1.Cl. The maximum atomic E-state index is 14.1. The number of carbonyl (C=O) groups excluding carboxylic acids is 2. The molecular weight excluding hydrogens is 347 g/mol. The highest BCUT2D eigenvalue weighted by Crippen LogP contribution is 2.22. The lowest BCUT2D eigenvalue weighted by Crippen LogP contribution is -2.49. The molecule has 0 spiro atoms. The second-order valence-corrected chi connectivity index (χ2v) is 6.36. The van der Waals surface area contributed by atoms with Crippen molar-refractivity contribution >= 4 is 29.9 Å². The van der Waals surface area contributed by atoms with Crippen LogP contribution in [0.2, 0.25) is 0 Å². The average Bonchev–Trinajstić information content (AvgIpc) is 3.06. The number of carbonyl (C=O) groups is 2. The highest BCUT2D eigenvalue weighted by atomic mass is 35.5. The third-order valence-corrected chi connectivity index (χ3v) is 4.64. The molecule has 1 aromatic carbocycles. The second kappa shape index (κ2) is 8.60. The molecule has 2 amide bonds. The van der Waals surface area contributed by atoms with E-state index in [2.05, 4.69) is 15.5 Å². The van der Waals surface area contributed by atoms with E-state index in [1.54, 1.807) is 4.90 Å². The molecule has 0 bridgehead atoms. The van der Waals surface area contributed by atoms with Gasteiger partial charge in [-0.3, -0.25) is 14.5 Å². The first kappa shape index (κ1) is 19.6. The number of rotatable bonds is 3. The summed E-state index contributed by atoms with van der Waals surface area (Å²) in [6.45, 7) is 6.55. The molecule has 2 N–H and O–H groups in total. The van der Waals surface area contributed by atoms with E-state index in [0.717, 1.165) is 32.6 Å². The van der Waals surface area contributed by atoms with Crippen molar-refractivity contribution in [2.45, 2.75) is 19.4 Å². The molecular formula is C17H24ClFN4O2. The van der Waals surface area contributed by atoms with E-state index in [4.69, 9.17) is 0 Å². The monoisotopic (exact) mass is 370 g/mol. The van der Waals surface area contributed by atoms with E-state index in [-0.39, 0.29) is 29.8 Å². The number of piperazine rings is 1. The second-order valence-electron chi connectivity index (χ2n) is 6.36. The summed E-state index contributed by atoms with van der Waals surface area (Å²) in [6, 6.07) is 4.44. The van der Waals surface area contributed by atoms with Gasteiger partial charge in [-0.15, -0.1) is 12.4 Å². The van der Waals surface area contributed by atoms with Crippen LogP contribution in [0.1, 0.15) is 23.7 Å². The fourth-order valence-corrected chi connectivity index (χ4v) is 3.41. The smallest absolute Gasteiger partial charge is 0.256 e. The minimum Gasteiger partial charge on any atom is -0.337 e. The van der Waals surface area contributed by atoms with Crippen molar-refractivity contribution in [1.82, 2.24) is 15.1 Å². The first-order valence-electron chi connectivity index (χ1n) is 8.36. The summed E-state index contributed by atoms with van der Waals surface area (Å²) in [6.07, 6.45) is 0.915. The number of amides is 2. The number of nitrogens with zero attached hydrogens (tertiary/aromatic N) is 2. The fourth-order valence-electron chi connectivity index (χ4n) is 3.41. The Morgan fingerprint density at radius 3 is 2.64 bits per heavy atom. The summed E-state index contributed by atoms with van der Waals surface area (Å²) < 4.78 is 14.1. The molecule has 1 aromatic rings. The van der Waals surface area contributed by atoms with Crippen LogP contribution in [0, 0.1) is 5.82 Å². The van der Waals surface area contributed by atoms with Gasteiger partial charge in [-0.1, -0.05) is 0 Å². The van der Waals surface area contributed by atoms with Crippen LogP contribution in [-0.2, 0) is 4.79 Å². The van der Waals surface area contributed by atoms with Gasteiger partial charge in [0.25, 0.3) is 5.91 Å². The highest BCUT2D eigenvalue weighted by Gasteiger charge is 2.32. The number of benzene rings is 1. The molecule has 3 rings (SSSR count). The summed E-state index contributed by atoms with van der Waals surface area (Å²) in [5, 5.41) is 5.91. The van der Waals surface area contributed by atoms with Crippen LogP contribution < -0.4 is 10.6 Å². The highest BCUT2D eigenvalue weighted by molar-refractivity contribution is 5.97. The number of anilines is 1. The van der Waals surface area contributed by atoms with Gasteiger partial charge < -0.3 is 15.5 Å². The zero-order chi connectivity index (χ0) is 17.1. The molecule has 0 radical (unpaired) electrons. The van der Waals surface area contributed by atoms with Gasteiger partial charge in [0.05, 0.1) is 5.56 Å². The first-order chi connectivity index (χ1) is 11.5. The Labute approximate surface area is 153 Å². The van der Waals surface area contributed by atoms with Crippen LogP contribution in [0.3, 0.4) is 0 Å². The Morgan fingerprint density at radius 2 is 1.96 bits per heavy atom. The van der Waals surface area contributed by atoms with E-state index in [9.17, 15) is 14.0 Å². The van der Waals surface area contributed by atoms with E-state index in [0.29, 0.717) is 24.8 Å². The lowest BCUT2D eigenvalue weighted by molar-refractivity contribution is -0.114. The maximum absolute atomic E-state index is 14.1. The Kier molecular flexibility index (Phi) is 6.75. The van der Waals surface area contributed by atoms with Gasteiger partial charge in [-0.2, -0.15) is 0 Å². The molecule has 2 aliphatic rings. The molecule has 2 aliphatic heterocycles. The zero-order valence-electron chi connectivity index (χ0n) is 14.3. The molecule has 6 nitrogen and oxygen atoms in total. The minimum absolute atomic E-state index is 0. The quantitative estimate of drug-likeness (QED) is 0.842. The lowest BCUT2D eigenvalue weighted by Gasteiger charge is -2.32. The van der Waals surface area contributed by atoms with Crippen molar-refractivity contribution in [2.24, 2.45) is 0 Å². The first-order valence-corrected chi connectivity index (χ1v) is 8.36. The van der Waals surface area contributed by atoms with Crippen molar-refractivity contribution in [3.63, 3.8) is 0 Å². The molecule has 2 heterocycles. The Balaban J connectivity index is 0.00000225. The zero-order valence-corrected chi connectivity index (χ0v) is 15.1. The van der Waals surface area contributed by atoms with Crippen LogP contribution in [-0.4, -0.2) is 66.9 Å². The van der Waals surface area contributed by atoms with Gasteiger partial charge in [0.1, 0.15) is 5.82 Å². The van der Waals surface area contributed by atoms with Crippen LogP contribution in [0.15, 0.2) is 18.2 Å². The van der Waals surface area contributed by atoms with Gasteiger partial charge in [0.15, 0.2) is 0 Å². The van der Waals surface area contributed by atoms with Crippen molar-refractivity contribution in [2.75, 3.05) is 44.6 Å². The van der Waals surface area contributed by atoms with Crippen LogP contribution in [0.4, 0.5) is 10.1 Å². The van der Waals surface area contributed by atoms with E-state index in [1.165, 1.54) is 25.1 Å². The van der Waals surface area contributed by atoms with Gasteiger partial charge in [-0.05, 0) is 24.6 Å². The van der Waals surface area contributed by atoms with Gasteiger partial charge in [0.2, 0.25) is 5.91 Å². The molecule has 0 aromatic heterocycles. The van der Waals surface area contributed by atoms with Crippen molar-refractivity contribution in [3.8, 4) is 0 Å². The minimum atomic E-state index is -0.556. The molecule has 25 heavy (non-hydrogen) atoms. The van der Waals surface area contributed by atoms with Gasteiger partial charge >= 0.3 is 0 Å². The Morgan fingerprint density at radius 1 is 1.24 bits per heavy atom. The fraction of sp³-hybridized carbons (Fsp3) is 0.529. The summed E-state index contributed by atoms with van der Waals surface area (Å²) in [5.74, 6) is -1.11. The molecule has 8 heteroatoms. The van der Waals surface area contributed by atoms with Crippen LogP contribution >= 0.6 is 12.4 Å². The summed E-state index contributed by atoms with van der Waals surface area (Å²) >= 11 is 0. The molecule has 2 fully saturated rings. The summed E-state index contributed by atoms with van der Waals surface area (Å²) in [7, 11) is 0. The van der Waals surface area contributed by atoms with E-state index >= 15 is 0 Å². The molecule has 1 atom stereocenters. The van der Waals surface area contributed by atoms with Crippen molar-refractivity contribution in [3.05, 3.63) is 29.6 Å².